The van der Waals surface area contributed by atoms with Crippen molar-refractivity contribution < 1.29 is 38.4 Å². The molecule has 4 rings (SSSR count). The first-order valence-corrected chi connectivity index (χ1v) is 12.2. The number of nitrogens with zero attached hydrogens (tertiary/aromatic N) is 1. The Balaban J connectivity index is 2.06. The Hall–Kier alpha value is -4.37. The zero-order valence-corrected chi connectivity index (χ0v) is 23.1. The number of halogens is 1. The lowest BCUT2D eigenvalue weighted by Gasteiger charge is -2.27. The predicted octanol–water partition coefficient (Wildman–Crippen LogP) is 5.32. The number of carbonyl (C=O) groups excluding carboxylic acids is 2. The molecule has 1 atom stereocenters. The van der Waals surface area contributed by atoms with Gasteiger partial charge in [-0.2, -0.15) is 0 Å². The van der Waals surface area contributed by atoms with E-state index < -0.39 is 23.5 Å². The van der Waals surface area contributed by atoms with Gasteiger partial charge in [0.2, 0.25) is 5.75 Å². The normalized spacial score (nSPS) is 16.3. The van der Waals surface area contributed by atoms with E-state index in [9.17, 15) is 14.7 Å². The van der Waals surface area contributed by atoms with Crippen LogP contribution in [0, 0.1) is 6.92 Å². The molecular formula is C29H28ClNO8. The number of Topliss-reactive ketones (excluding diaryl/α,β-unsaturated/α-hetero) is 1. The number of methoxy groups -OCH3 is 5. The number of amides is 1. The Morgan fingerprint density at radius 1 is 0.821 bits per heavy atom. The summed E-state index contributed by atoms with van der Waals surface area (Å²) in [6.07, 6.45) is 0. The molecule has 0 spiro atoms. The van der Waals surface area contributed by atoms with Crippen LogP contribution in [-0.2, 0) is 9.59 Å². The van der Waals surface area contributed by atoms with Crippen molar-refractivity contribution in [3.8, 4) is 28.7 Å². The van der Waals surface area contributed by atoms with Crippen LogP contribution in [0.15, 0.2) is 54.1 Å². The lowest BCUT2D eigenvalue weighted by molar-refractivity contribution is -0.132. The van der Waals surface area contributed by atoms with E-state index in [2.05, 4.69) is 0 Å². The summed E-state index contributed by atoms with van der Waals surface area (Å²) >= 11 is 6.36. The maximum atomic E-state index is 13.6. The molecule has 0 saturated carbocycles. The molecule has 3 aromatic carbocycles. The van der Waals surface area contributed by atoms with Gasteiger partial charge in [-0.15, -0.1) is 0 Å². The fraction of sp³-hybridized carbons (Fsp3) is 0.241. The van der Waals surface area contributed by atoms with Crippen molar-refractivity contribution in [1.29, 1.82) is 0 Å². The molecular weight excluding hydrogens is 526 g/mol. The first kappa shape index (κ1) is 27.7. The topological polar surface area (TPSA) is 104 Å². The van der Waals surface area contributed by atoms with Gasteiger partial charge in [0.05, 0.1) is 57.8 Å². The van der Waals surface area contributed by atoms with E-state index in [1.807, 2.05) is 13.0 Å². The average molecular weight is 554 g/mol. The predicted molar refractivity (Wildman–Crippen MR) is 147 cm³/mol. The second kappa shape index (κ2) is 11.2. The highest BCUT2D eigenvalue weighted by Gasteiger charge is 2.48. The van der Waals surface area contributed by atoms with Crippen molar-refractivity contribution in [2.24, 2.45) is 0 Å². The van der Waals surface area contributed by atoms with Gasteiger partial charge in [0.15, 0.2) is 11.5 Å². The number of aryl methyl sites for hydroxylation is 1. The van der Waals surface area contributed by atoms with Crippen LogP contribution in [0.4, 0.5) is 5.69 Å². The molecule has 1 amide bonds. The zero-order valence-electron chi connectivity index (χ0n) is 22.3. The molecule has 0 aliphatic carbocycles. The lowest BCUT2D eigenvalue weighted by atomic mass is 9.94. The quantitative estimate of drug-likeness (QED) is 0.227. The van der Waals surface area contributed by atoms with Crippen molar-refractivity contribution in [2.45, 2.75) is 13.0 Å². The van der Waals surface area contributed by atoms with Crippen molar-refractivity contribution >= 4 is 34.7 Å². The number of hydrogen-bond acceptors (Lipinski definition) is 8. The minimum atomic E-state index is -1.06. The fourth-order valence-corrected chi connectivity index (χ4v) is 4.88. The number of aliphatic hydroxyl groups is 1. The number of anilines is 1. The Morgan fingerprint density at radius 3 is 1.97 bits per heavy atom. The largest absolute Gasteiger partial charge is 0.507 e. The van der Waals surface area contributed by atoms with E-state index in [-0.39, 0.29) is 21.9 Å². The molecule has 1 saturated heterocycles. The van der Waals surface area contributed by atoms with E-state index in [0.29, 0.717) is 34.2 Å². The molecule has 9 nitrogen and oxygen atoms in total. The van der Waals surface area contributed by atoms with E-state index in [1.54, 1.807) is 30.3 Å². The summed E-state index contributed by atoms with van der Waals surface area (Å²) in [6.45, 7) is 1.87. The molecule has 0 aromatic heterocycles. The van der Waals surface area contributed by atoms with Crippen LogP contribution < -0.4 is 28.6 Å². The molecule has 204 valence electrons. The third-order valence-corrected chi connectivity index (χ3v) is 6.75. The maximum absolute atomic E-state index is 13.6. The number of carbonyl (C=O) groups is 2. The molecule has 3 aromatic rings. The molecule has 10 heteroatoms. The summed E-state index contributed by atoms with van der Waals surface area (Å²) in [4.78, 5) is 28.5. The van der Waals surface area contributed by atoms with Crippen LogP contribution in [0.3, 0.4) is 0 Å². The van der Waals surface area contributed by atoms with Gasteiger partial charge < -0.3 is 28.8 Å². The van der Waals surface area contributed by atoms with Gasteiger partial charge in [0.25, 0.3) is 11.7 Å². The third-order valence-electron chi connectivity index (χ3n) is 6.46. The number of ketones is 1. The summed E-state index contributed by atoms with van der Waals surface area (Å²) in [7, 11) is 7.24. The monoisotopic (exact) mass is 553 g/mol. The van der Waals surface area contributed by atoms with E-state index >= 15 is 0 Å². The van der Waals surface area contributed by atoms with Gasteiger partial charge in [-0.3, -0.25) is 14.5 Å². The molecule has 0 radical (unpaired) electrons. The molecule has 1 aliphatic heterocycles. The van der Waals surface area contributed by atoms with Crippen LogP contribution in [0.1, 0.15) is 22.7 Å². The van der Waals surface area contributed by atoms with Crippen LogP contribution >= 0.6 is 11.6 Å². The van der Waals surface area contributed by atoms with Crippen LogP contribution in [0.5, 0.6) is 28.7 Å². The van der Waals surface area contributed by atoms with Gasteiger partial charge in [0.1, 0.15) is 17.3 Å². The number of ether oxygens (including phenoxy) is 5. The highest BCUT2D eigenvalue weighted by Crippen LogP contribution is 2.48. The Bertz CT molecular complexity index is 1460. The number of hydrogen-bond donors (Lipinski definition) is 1. The van der Waals surface area contributed by atoms with Crippen molar-refractivity contribution in [2.75, 3.05) is 40.4 Å². The molecule has 1 unspecified atom stereocenters. The molecule has 0 bridgehead atoms. The first-order valence-electron chi connectivity index (χ1n) is 11.8. The molecule has 1 fully saturated rings. The summed E-state index contributed by atoms with van der Waals surface area (Å²) < 4.78 is 27.2. The van der Waals surface area contributed by atoms with Gasteiger partial charge in [-0.25, -0.2) is 0 Å². The standard InChI is InChI=1S/C29H28ClNO8/c1-15-8-7-9-17(10-15)31-25(16-11-22(37-4)28(39-6)23(12-16)38-5)24(27(33)29(31)34)26(32)18-13-19(30)21(36-3)14-20(18)35-2/h7-14,25,32H,1-6H3/b26-24+. The highest BCUT2D eigenvalue weighted by atomic mass is 35.5. The van der Waals surface area contributed by atoms with E-state index in [4.69, 9.17) is 35.3 Å². The lowest BCUT2D eigenvalue weighted by Crippen LogP contribution is -2.29. The van der Waals surface area contributed by atoms with Gasteiger partial charge in [-0.1, -0.05) is 23.7 Å². The summed E-state index contributed by atoms with van der Waals surface area (Å²) in [5.74, 6) is -0.714. The van der Waals surface area contributed by atoms with E-state index in [0.717, 1.165) is 5.56 Å². The number of aliphatic hydroxyl groups excluding tert-OH is 1. The average Bonchev–Trinajstić information content (AvgIpc) is 3.21. The summed E-state index contributed by atoms with van der Waals surface area (Å²) in [5.41, 5.74) is 1.72. The van der Waals surface area contributed by atoms with Gasteiger partial charge in [-0.05, 0) is 48.4 Å². The summed E-state index contributed by atoms with van der Waals surface area (Å²) in [5, 5.41) is 11.8. The molecule has 1 heterocycles. The SMILES string of the molecule is COc1cc(OC)c(/C(O)=C2\C(=O)C(=O)N(c3cccc(C)c3)C2c2cc(OC)c(OC)c(OC)c2)cc1Cl. The molecule has 1 N–H and O–H groups in total. The van der Waals surface area contributed by atoms with Gasteiger partial charge >= 0.3 is 0 Å². The Kier molecular flexibility index (Phi) is 7.92. The molecule has 39 heavy (non-hydrogen) atoms. The van der Waals surface area contributed by atoms with Crippen molar-refractivity contribution in [1.82, 2.24) is 0 Å². The fourth-order valence-electron chi connectivity index (χ4n) is 4.64. The first-order chi connectivity index (χ1) is 18.7. The van der Waals surface area contributed by atoms with Crippen LogP contribution in [0.2, 0.25) is 5.02 Å². The Morgan fingerprint density at radius 2 is 1.44 bits per heavy atom. The van der Waals surface area contributed by atoms with E-state index in [1.165, 1.54) is 52.6 Å². The smallest absolute Gasteiger partial charge is 0.300 e. The number of benzene rings is 3. The Labute approximate surface area is 231 Å². The molecule has 1 aliphatic rings. The minimum Gasteiger partial charge on any atom is -0.507 e. The zero-order chi connectivity index (χ0) is 28.4. The van der Waals surface area contributed by atoms with Crippen molar-refractivity contribution in [3.63, 3.8) is 0 Å². The number of rotatable bonds is 8. The maximum Gasteiger partial charge on any atom is 0.300 e. The van der Waals surface area contributed by atoms with Crippen molar-refractivity contribution in [3.05, 3.63) is 75.8 Å². The second-order valence-corrected chi connectivity index (χ2v) is 9.06. The third kappa shape index (κ3) is 4.81. The minimum absolute atomic E-state index is 0.114. The highest BCUT2D eigenvalue weighted by molar-refractivity contribution is 6.51. The summed E-state index contributed by atoms with van der Waals surface area (Å²) in [6, 6.07) is 12.3. The van der Waals surface area contributed by atoms with Gasteiger partial charge in [0, 0.05) is 11.8 Å². The van der Waals surface area contributed by atoms with Crippen LogP contribution in [0.25, 0.3) is 5.76 Å². The van der Waals surface area contributed by atoms with Crippen LogP contribution in [-0.4, -0.2) is 52.3 Å². The second-order valence-electron chi connectivity index (χ2n) is 8.65.